The summed E-state index contributed by atoms with van der Waals surface area (Å²) < 4.78 is 4.08. The van der Waals surface area contributed by atoms with Gasteiger partial charge in [-0.1, -0.05) is 0 Å². The summed E-state index contributed by atoms with van der Waals surface area (Å²) >= 11 is 0. The minimum atomic E-state index is -1.21. The van der Waals surface area contributed by atoms with Crippen molar-refractivity contribution >= 4 is 5.97 Å². The number of aliphatic hydroxyl groups is 2. The van der Waals surface area contributed by atoms with Crippen LogP contribution in [0.25, 0.3) is 0 Å². The van der Waals surface area contributed by atoms with E-state index in [2.05, 4.69) is 11.3 Å². The fourth-order valence-electron chi connectivity index (χ4n) is 0.223. The Balaban J connectivity index is 3.65. The Morgan fingerprint density at radius 2 is 2.22 bits per heavy atom. The number of carbonyl (C=O) groups excluding carboxylic acids is 1. The second kappa shape index (κ2) is 3.09. The van der Waals surface area contributed by atoms with E-state index < -0.39 is 18.0 Å². The van der Waals surface area contributed by atoms with Gasteiger partial charge in [0.25, 0.3) is 0 Å². The first-order chi connectivity index (χ1) is 4.04. The van der Waals surface area contributed by atoms with E-state index in [1.807, 2.05) is 0 Å². The van der Waals surface area contributed by atoms with E-state index >= 15 is 0 Å². The minimum absolute atomic E-state index is 0.712. The highest BCUT2D eigenvalue weighted by Crippen LogP contribution is 1.91. The summed E-state index contributed by atoms with van der Waals surface area (Å²) in [7, 11) is 0. The van der Waals surface area contributed by atoms with Gasteiger partial charge >= 0.3 is 5.97 Å². The van der Waals surface area contributed by atoms with Crippen molar-refractivity contribution in [2.75, 3.05) is 0 Å². The molecular weight excluding hydrogens is 124 g/mol. The average Bonchev–Trinajstić information content (AvgIpc) is 1.63. The van der Waals surface area contributed by atoms with Gasteiger partial charge in [0.05, 0.1) is 0 Å². The van der Waals surface area contributed by atoms with Crippen LogP contribution in [0.15, 0.2) is 12.3 Å². The SMILES string of the molecule is C=C(O)C(=O)OC(C)O. The maximum absolute atomic E-state index is 10.2. The van der Waals surface area contributed by atoms with Gasteiger partial charge in [-0.25, -0.2) is 4.79 Å². The molecule has 1 atom stereocenters. The summed E-state index contributed by atoms with van der Waals surface area (Å²) in [5.74, 6) is -1.72. The van der Waals surface area contributed by atoms with Gasteiger partial charge in [-0.15, -0.1) is 0 Å². The topological polar surface area (TPSA) is 66.8 Å². The lowest BCUT2D eigenvalue weighted by Gasteiger charge is -2.03. The number of rotatable bonds is 2. The fraction of sp³-hybridized carbons (Fsp3) is 0.400. The van der Waals surface area contributed by atoms with Crippen LogP contribution in [0.1, 0.15) is 6.92 Å². The number of carbonyl (C=O) groups is 1. The Kier molecular flexibility index (Phi) is 2.73. The van der Waals surface area contributed by atoms with Crippen LogP contribution in [-0.2, 0) is 9.53 Å². The third-order valence-electron chi connectivity index (χ3n) is 0.513. The maximum Gasteiger partial charge on any atom is 0.375 e. The highest BCUT2D eigenvalue weighted by atomic mass is 16.6. The first-order valence-electron chi connectivity index (χ1n) is 2.31. The molecule has 4 heteroatoms. The Bertz CT molecular complexity index is 127. The van der Waals surface area contributed by atoms with E-state index in [1.165, 1.54) is 6.92 Å². The van der Waals surface area contributed by atoms with Crippen molar-refractivity contribution in [2.45, 2.75) is 13.2 Å². The molecule has 0 aromatic rings. The lowest BCUT2D eigenvalue weighted by Crippen LogP contribution is -2.14. The Labute approximate surface area is 52.4 Å². The molecule has 0 amide bonds. The van der Waals surface area contributed by atoms with Crippen LogP contribution in [0.2, 0.25) is 0 Å². The molecule has 0 aliphatic rings. The fourth-order valence-corrected chi connectivity index (χ4v) is 0.223. The minimum Gasteiger partial charge on any atom is -0.502 e. The molecule has 0 rings (SSSR count). The second-order valence-electron chi connectivity index (χ2n) is 1.45. The molecule has 4 nitrogen and oxygen atoms in total. The third-order valence-corrected chi connectivity index (χ3v) is 0.513. The monoisotopic (exact) mass is 132 g/mol. The summed E-state index contributed by atoms with van der Waals surface area (Å²) in [5, 5.41) is 16.7. The summed E-state index contributed by atoms with van der Waals surface area (Å²) in [6.07, 6.45) is -1.21. The summed E-state index contributed by atoms with van der Waals surface area (Å²) in [6.45, 7) is 4.13. The lowest BCUT2D eigenvalue weighted by atomic mass is 10.6. The molecule has 0 aromatic carbocycles. The molecule has 1 unspecified atom stereocenters. The molecular formula is C5H8O4. The molecule has 0 aromatic heterocycles. The first-order valence-corrected chi connectivity index (χ1v) is 2.31. The Hall–Kier alpha value is -1.03. The molecule has 0 heterocycles. The normalized spacial score (nSPS) is 12.2. The van der Waals surface area contributed by atoms with E-state index in [9.17, 15) is 4.79 Å². The zero-order valence-corrected chi connectivity index (χ0v) is 5.00. The van der Waals surface area contributed by atoms with Crippen LogP contribution < -0.4 is 0 Å². The molecule has 0 bridgehead atoms. The van der Waals surface area contributed by atoms with E-state index in [-0.39, 0.29) is 0 Å². The standard InChI is InChI=1S/C5H8O4/c1-3(6)5(8)9-4(2)7/h4,6-7H,1H2,2H3. The van der Waals surface area contributed by atoms with Crippen LogP contribution in [0.3, 0.4) is 0 Å². The molecule has 2 N–H and O–H groups in total. The van der Waals surface area contributed by atoms with Crippen LogP contribution in [0.5, 0.6) is 0 Å². The summed E-state index contributed by atoms with van der Waals surface area (Å²) in [4.78, 5) is 10.2. The largest absolute Gasteiger partial charge is 0.502 e. The number of ether oxygens (including phenoxy) is 1. The van der Waals surface area contributed by atoms with Crippen molar-refractivity contribution < 1.29 is 19.7 Å². The molecule has 0 fully saturated rings. The maximum atomic E-state index is 10.2. The van der Waals surface area contributed by atoms with Crippen molar-refractivity contribution in [3.05, 3.63) is 12.3 Å². The van der Waals surface area contributed by atoms with Crippen LogP contribution in [0.4, 0.5) is 0 Å². The van der Waals surface area contributed by atoms with Gasteiger partial charge in [-0.3, -0.25) is 0 Å². The number of hydrogen-bond donors (Lipinski definition) is 2. The van der Waals surface area contributed by atoms with E-state index in [4.69, 9.17) is 10.2 Å². The van der Waals surface area contributed by atoms with Crippen LogP contribution in [0, 0.1) is 0 Å². The summed E-state index contributed by atoms with van der Waals surface area (Å²) in [5.41, 5.74) is 0. The number of esters is 1. The van der Waals surface area contributed by atoms with E-state index in [1.54, 1.807) is 0 Å². The molecule has 9 heavy (non-hydrogen) atoms. The molecule has 0 spiro atoms. The number of hydrogen-bond acceptors (Lipinski definition) is 4. The van der Waals surface area contributed by atoms with E-state index in [0.717, 1.165) is 0 Å². The van der Waals surface area contributed by atoms with Gasteiger partial charge in [0.1, 0.15) is 0 Å². The van der Waals surface area contributed by atoms with Crippen molar-refractivity contribution in [3.63, 3.8) is 0 Å². The molecule has 0 saturated heterocycles. The van der Waals surface area contributed by atoms with Crippen molar-refractivity contribution in [1.82, 2.24) is 0 Å². The van der Waals surface area contributed by atoms with Crippen molar-refractivity contribution in [2.24, 2.45) is 0 Å². The predicted octanol–water partition coefficient (Wildman–Crippen LogP) is -0.0604. The Morgan fingerprint density at radius 1 is 1.78 bits per heavy atom. The quantitative estimate of drug-likeness (QED) is 0.239. The number of aliphatic hydroxyl groups excluding tert-OH is 2. The lowest BCUT2D eigenvalue weighted by molar-refractivity contribution is -0.162. The van der Waals surface area contributed by atoms with Gasteiger partial charge in [0.2, 0.25) is 0 Å². The molecule has 0 aliphatic heterocycles. The smallest absolute Gasteiger partial charge is 0.375 e. The predicted molar refractivity (Wildman–Crippen MR) is 29.5 cm³/mol. The van der Waals surface area contributed by atoms with Gasteiger partial charge in [0, 0.05) is 0 Å². The zero-order valence-electron chi connectivity index (χ0n) is 5.00. The van der Waals surface area contributed by atoms with E-state index in [0.29, 0.717) is 0 Å². The molecule has 0 saturated carbocycles. The van der Waals surface area contributed by atoms with Crippen molar-refractivity contribution in [3.8, 4) is 0 Å². The molecule has 0 aliphatic carbocycles. The van der Waals surface area contributed by atoms with Gasteiger partial charge in [0.15, 0.2) is 12.0 Å². The summed E-state index contributed by atoms with van der Waals surface area (Å²) in [6, 6.07) is 0. The first kappa shape index (κ1) is 7.97. The second-order valence-corrected chi connectivity index (χ2v) is 1.45. The van der Waals surface area contributed by atoms with Gasteiger partial charge in [-0.05, 0) is 13.5 Å². The zero-order chi connectivity index (χ0) is 7.44. The van der Waals surface area contributed by atoms with Crippen LogP contribution in [-0.4, -0.2) is 22.5 Å². The third kappa shape index (κ3) is 3.54. The highest BCUT2D eigenvalue weighted by Gasteiger charge is 2.07. The Morgan fingerprint density at radius 3 is 2.33 bits per heavy atom. The van der Waals surface area contributed by atoms with Crippen LogP contribution >= 0.6 is 0 Å². The highest BCUT2D eigenvalue weighted by molar-refractivity contribution is 5.84. The molecule has 0 radical (unpaired) electrons. The molecule has 52 valence electrons. The van der Waals surface area contributed by atoms with Gasteiger partial charge < -0.3 is 14.9 Å². The average molecular weight is 132 g/mol. The van der Waals surface area contributed by atoms with Crippen molar-refractivity contribution in [1.29, 1.82) is 0 Å². The van der Waals surface area contributed by atoms with Gasteiger partial charge in [-0.2, -0.15) is 0 Å².